The third kappa shape index (κ3) is 3.06. The minimum Gasteiger partial charge on any atom is -0.497 e. The van der Waals surface area contributed by atoms with Gasteiger partial charge in [0.1, 0.15) is 11.3 Å². The predicted molar refractivity (Wildman–Crippen MR) is 80.8 cm³/mol. The molecule has 4 nitrogen and oxygen atoms in total. The monoisotopic (exact) mass is 276 g/mol. The van der Waals surface area contributed by atoms with E-state index in [4.69, 9.17) is 10.5 Å². The summed E-state index contributed by atoms with van der Waals surface area (Å²) in [6.07, 6.45) is 3.67. The van der Waals surface area contributed by atoms with Crippen LogP contribution in [0.15, 0.2) is 24.3 Å². The van der Waals surface area contributed by atoms with Gasteiger partial charge in [-0.2, -0.15) is 0 Å². The maximum Gasteiger partial charge on any atom is 0.243 e. The molecule has 2 rings (SSSR count). The number of methoxy groups -OCH3 is 1. The van der Waals surface area contributed by atoms with Crippen LogP contribution in [0.5, 0.6) is 5.75 Å². The Kier molecular flexibility index (Phi) is 3.93. The molecule has 110 valence electrons. The number of hydrogen-bond donors (Lipinski definition) is 2. The van der Waals surface area contributed by atoms with Gasteiger partial charge in [0.05, 0.1) is 7.11 Å². The minimum absolute atomic E-state index is 0.124. The summed E-state index contributed by atoms with van der Waals surface area (Å²) in [4.78, 5) is 12.1. The van der Waals surface area contributed by atoms with Crippen molar-refractivity contribution in [2.45, 2.75) is 45.1 Å². The molecule has 20 heavy (non-hydrogen) atoms. The first-order chi connectivity index (χ1) is 9.37. The van der Waals surface area contributed by atoms with E-state index in [9.17, 15) is 4.79 Å². The third-order valence-electron chi connectivity index (χ3n) is 4.16. The third-order valence-corrected chi connectivity index (χ3v) is 4.16. The molecular formula is C16H24N2O2. The van der Waals surface area contributed by atoms with Crippen molar-refractivity contribution in [1.29, 1.82) is 0 Å². The number of nitrogens with one attached hydrogen (secondary N) is 1. The Balaban J connectivity index is 2.27. The standard InChI is InChI=1S/C16H24N2O2/c1-15(2)8-5-9-16(11-15,14(17)19)18-12-6-4-7-13(10-12)20-3/h4,6-7,10,18H,5,8-9,11H2,1-3H3,(H2,17,19). The van der Waals surface area contributed by atoms with Crippen LogP contribution in [0.25, 0.3) is 0 Å². The lowest BCUT2D eigenvalue weighted by molar-refractivity contribution is -0.124. The van der Waals surface area contributed by atoms with Gasteiger partial charge < -0.3 is 15.8 Å². The van der Waals surface area contributed by atoms with E-state index in [1.54, 1.807) is 7.11 Å². The van der Waals surface area contributed by atoms with Crippen molar-refractivity contribution in [2.75, 3.05) is 12.4 Å². The molecule has 1 saturated carbocycles. The van der Waals surface area contributed by atoms with Crippen LogP contribution in [0.3, 0.4) is 0 Å². The fraction of sp³-hybridized carbons (Fsp3) is 0.562. The lowest BCUT2D eigenvalue weighted by Gasteiger charge is -2.43. The highest BCUT2D eigenvalue weighted by Crippen LogP contribution is 2.42. The first-order valence-electron chi connectivity index (χ1n) is 7.09. The zero-order valence-electron chi connectivity index (χ0n) is 12.5. The lowest BCUT2D eigenvalue weighted by atomic mass is 9.67. The molecule has 1 aliphatic rings. The van der Waals surface area contributed by atoms with Crippen LogP contribution in [0.2, 0.25) is 0 Å². The molecule has 1 amide bonds. The van der Waals surface area contributed by atoms with Crippen molar-refractivity contribution in [2.24, 2.45) is 11.1 Å². The zero-order valence-corrected chi connectivity index (χ0v) is 12.5. The molecule has 0 radical (unpaired) electrons. The van der Waals surface area contributed by atoms with Crippen molar-refractivity contribution in [1.82, 2.24) is 0 Å². The van der Waals surface area contributed by atoms with Crippen molar-refractivity contribution in [3.05, 3.63) is 24.3 Å². The van der Waals surface area contributed by atoms with Crippen LogP contribution in [0.4, 0.5) is 5.69 Å². The van der Waals surface area contributed by atoms with Gasteiger partial charge >= 0.3 is 0 Å². The molecule has 4 heteroatoms. The van der Waals surface area contributed by atoms with Crippen molar-refractivity contribution in [3.8, 4) is 5.75 Å². The summed E-state index contributed by atoms with van der Waals surface area (Å²) in [5, 5.41) is 3.37. The summed E-state index contributed by atoms with van der Waals surface area (Å²) in [5.74, 6) is 0.498. The Bertz CT molecular complexity index is 499. The van der Waals surface area contributed by atoms with Gasteiger partial charge in [0.15, 0.2) is 0 Å². The summed E-state index contributed by atoms with van der Waals surface area (Å²) in [6.45, 7) is 4.38. The fourth-order valence-electron chi connectivity index (χ4n) is 3.22. The second-order valence-corrected chi connectivity index (χ2v) is 6.50. The van der Waals surface area contributed by atoms with Gasteiger partial charge in [-0.1, -0.05) is 26.3 Å². The predicted octanol–water partition coefficient (Wildman–Crippen LogP) is 2.93. The molecule has 1 unspecified atom stereocenters. The fourth-order valence-corrected chi connectivity index (χ4v) is 3.22. The Labute approximate surface area is 120 Å². The maximum atomic E-state index is 12.1. The van der Waals surface area contributed by atoms with E-state index in [1.165, 1.54) is 0 Å². The number of amides is 1. The van der Waals surface area contributed by atoms with E-state index in [2.05, 4.69) is 19.2 Å². The second kappa shape index (κ2) is 5.35. The summed E-state index contributed by atoms with van der Waals surface area (Å²) in [6, 6.07) is 7.62. The Hall–Kier alpha value is -1.71. The lowest BCUT2D eigenvalue weighted by Crippen LogP contribution is -2.55. The van der Waals surface area contributed by atoms with Crippen LogP contribution in [0, 0.1) is 5.41 Å². The van der Waals surface area contributed by atoms with E-state index >= 15 is 0 Å². The average Bonchev–Trinajstić information content (AvgIpc) is 2.37. The number of anilines is 1. The second-order valence-electron chi connectivity index (χ2n) is 6.50. The number of carbonyl (C=O) groups is 1. The molecule has 0 spiro atoms. The molecule has 0 saturated heterocycles. The molecule has 1 aromatic carbocycles. The number of hydrogen-bond acceptors (Lipinski definition) is 3. The molecule has 1 fully saturated rings. The van der Waals surface area contributed by atoms with Gasteiger partial charge in [0.25, 0.3) is 0 Å². The first-order valence-corrected chi connectivity index (χ1v) is 7.09. The van der Waals surface area contributed by atoms with Crippen molar-refractivity contribution < 1.29 is 9.53 Å². The Morgan fingerprint density at radius 1 is 1.35 bits per heavy atom. The van der Waals surface area contributed by atoms with E-state index in [1.807, 2.05) is 24.3 Å². The van der Waals surface area contributed by atoms with E-state index in [-0.39, 0.29) is 11.3 Å². The van der Waals surface area contributed by atoms with Crippen LogP contribution in [-0.2, 0) is 4.79 Å². The average molecular weight is 276 g/mol. The number of nitrogens with two attached hydrogens (primary N) is 1. The molecule has 0 aliphatic heterocycles. The molecule has 1 atom stereocenters. The van der Waals surface area contributed by atoms with E-state index in [0.29, 0.717) is 0 Å². The number of rotatable bonds is 4. The highest BCUT2D eigenvalue weighted by Gasteiger charge is 2.44. The molecule has 0 heterocycles. The Morgan fingerprint density at radius 2 is 2.10 bits per heavy atom. The van der Waals surface area contributed by atoms with E-state index < -0.39 is 5.54 Å². The van der Waals surface area contributed by atoms with Gasteiger partial charge in [-0.05, 0) is 36.8 Å². The number of primary amides is 1. The van der Waals surface area contributed by atoms with Crippen molar-refractivity contribution >= 4 is 11.6 Å². The van der Waals surface area contributed by atoms with Crippen LogP contribution >= 0.6 is 0 Å². The van der Waals surface area contributed by atoms with Gasteiger partial charge in [0.2, 0.25) is 5.91 Å². The highest BCUT2D eigenvalue weighted by atomic mass is 16.5. The SMILES string of the molecule is COc1cccc(NC2(C(N)=O)CCCC(C)(C)C2)c1. The maximum absolute atomic E-state index is 12.1. The van der Waals surface area contributed by atoms with Crippen molar-refractivity contribution in [3.63, 3.8) is 0 Å². The van der Waals surface area contributed by atoms with Gasteiger partial charge in [-0.3, -0.25) is 4.79 Å². The summed E-state index contributed by atoms with van der Waals surface area (Å²) < 4.78 is 5.22. The number of ether oxygens (including phenoxy) is 1. The number of carbonyl (C=O) groups excluding carboxylic acids is 1. The molecule has 1 aromatic rings. The smallest absolute Gasteiger partial charge is 0.243 e. The minimum atomic E-state index is -0.659. The largest absolute Gasteiger partial charge is 0.497 e. The van der Waals surface area contributed by atoms with Crippen LogP contribution in [0.1, 0.15) is 39.5 Å². The summed E-state index contributed by atoms with van der Waals surface area (Å²) >= 11 is 0. The quantitative estimate of drug-likeness (QED) is 0.888. The van der Waals surface area contributed by atoms with Gasteiger partial charge in [0, 0.05) is 11.8 Å². The number of benzene rings is 1. The van der Waals surface area contributed by atoms with Crippen LogP contribution in [-0.4, -0.2) is 18.6 Å². The highest BCUT2D eigenvalue weighted by molar-refractivity contribution is 5.88. The zero-order chi connectivity index (χ0) is 14.8. The summed E-state index contributed by atoms with van der Waals surface area (Å²) in [7, 11) is 1.63. The van der Waals surface area contributed by atoms with Gasteiger partial charge in [-0.15, -0.1) is 0 Å². The molecular weight excluding hydrogens is 252 g/mol. The topological polar surface area (TPSA) is 64.3 Å². The van der Waals surface area contributed by atoms with Crippen LogP contribution < -0.4 is 15.8 Å². The molecule has 3 N–H and O–H groups in total. The normalized spacial score (nSPS) is 24.9. The first kappa shape index (κ1) is 14.7. The Morgan fingerprint density at radius 3 is 2.70 bits per heavy atom. The van der Waals surface area contributed by atoms with E-state index in [0.717, 1.165) is 37.1 Å². The summed E-state index contributed by atoms with van der Waals surface area (Å²) in [5.41, 5.74) is 6.05. The molecule has 1 aliphatic carbocycles. The molecule has 0 aromatic heterocycles. The molecule has 0 bridgehead atoms. The van der Waals surface area contributed by atoms with Gasteiger partial charge in [-0.25, -0.2) is 0 Å².